The van der Waals surface area contributed by atoms with E-state index in [0.717, 1.165) is 37.3 Å². The van der Waals surface area contributed by atoms with Crippen molar-refractivity contribution in [3.63, 3.8) is 0 Å². The Hall–Kier alpha value is -3.40. The van der Waals surface area contributed by atoms with Gasteiger partial charge in [-0.1, -0.05) is 12.8 Å². The number of carbonyl (C=O) groups excluding carboxylic acids is 2. The zero-order chi connectivity index (χ0) is 26.6. The van der Waals surface area contributed by atoms with Gasteiger partial charge in [-0.3, -0.25) is 9.59 Å². The number of ether oxygens (including phenoxy) is 1. The molecule has 1 aliphatic carbocycles. The van der Waals surface area contributed by atoms with Gasteiger partial charge in [0.1, 0.15) is 11.4 Å². The largest absolute Gasteiger partial charge is 0.495 e. The van der Waals surface area contributed by atoms with Crippen LogP contribution in [0.2, 0.25) is 0 Å². The summed E-state index contributed by atoms with van der Waals surface area (Å²) in [6.07, 6.45) is 10.2. The van der Waals surface area contributed by atoms with Crippen molar-refractivity contribution >= 4 is 35.0 Å². The van der Waals surface area contributed by atoms with Crippen molar-refractivity contribution < 1.29 is 14.3 Å². The highest BCUT2D eigenvalue weighted by molar-refractivity contribution is 5.97. The third kappa shape index (κ3) is 5.55. The number of likely N-dealkylation sites (tertiary alicyclic amines) is 1. The summed E-state index contributed by atoms with van der Waals surface area (Å²) in [6, 6.07) is 6.26. The van der Waals surface area contributed by atoms with E-state index < -0.39 is 0 Å². The predicted octanol–water partition coefficient (Wildman–Crippen LogP) is 3.56. The van der Waals surface area contributed by atoms with Crippen LogP contribution < -0.4 is 25.2 Å². The van der Waals surface area contributed by atoms with Crippen LogP contribution in [0.4, 0.5) is 23.1 Å². The number of carbonyl (C=O) groups is 2. The van der Waals surface area contributed by atoms with E-state index in [1.165, 1.54) is 25.7 Å². The van der Waals surface area contributed by atoms with Crippen LogP contribution in [0.3, 0.4) is 0 Å². The lowest BCUT2D eigenvalue weighted by molar-refractivity contribution is -0.118. The van der Waals surface area contributed by atoms with Gasteiger partial charge in [0.25, 0.3) is 5.91 Å². The molecule has 3 heterocycles. The SMILES string of the molecule is COc1cc(C(=O)NCCC2CCCN2C)ccc1Nc1ncc2c(n1)N(C1CCCC1)CCC(=O)N2C. The van der Waals surface area contributed by atoms with Crippen LogP contribution in [0.1, 0.15) is 61.7 Å². The van der Waals surface area contributed by atoms with Gasteiger partial charge in [-0.15, -0.1) is 0 Å². The molecule has 1 saturated heterocycles. The Bertz CT molecular complexity index is 1170. The summed E-state index contributed by atoms with van der Waals surface area (Å²) in [4.78, 5) is 41.1. The summed E-state index contributed by atoms with van der Waals surface area (Å²) in [5, 5.41) is 6.31. The molecule has 0 bridgehead atoms. The van der Waals surface area contributed by atoms with E-state index in [4.69, 9.17) is 9.72 Å². The van der Waals surface area contributed by atoms with Crippen molar-refractivity contribution in [1.82, 2.24) is 20.2 Å². The molecule has 2 fully saturated rings. The normalized spacial score (nSPS) is 20.4. The van der Waals surface area contributed by atoms with Crippen molar-refractivity contribution in [3.8, 4) is 5.75 Å². The number of amides is 2. The van der Waals surface area contributed by atoms with E-state index in [2.05, 4.69) is 32.5 Å². The van der Waals surface area contributed by atoms with Crippen LogP contribution in [-0.2, 0) is 4.79 Å². The first-order chi connectivity index (χ1) is 18.4. The van der Waals surface area contributed by atoms with E-state index in [1.54, 1.807) is 37.4 Å². The van der Waals surface area contributed by atoms with Gasteiger partial charge in [-0.25, -0.2) is 4.98 Å². The molecule has 1 aromatic carbocycles. The zero-order valence-electron chi connectivity index (χ0n) is 22.7. The Kier molecular flexibility index (Phi) is 7.97. The first-order valence-electron chi connectivity index (χ1n) is 13.8. The fourth-order valence-corrected chi connectivity index (χ4v) is 5.92. The van der Waals surface area contributed by atoms with Gasteiger partial charge < -0.3 is 30.1 Å². The minimum atomic E-state index is -0.114. The Balaban J connectivity index is 1.31. The van der Waals surface area contributed by atoms with Crippen molar-refractivity contribution in [2.75, 3.05) is 56.0 Å². The molecule has 5 rings (SSSR count). The zero-order valence-corrected chi connectivity index (χ0v) is 22.7. The maximum absolute atomic E-state index is 12.8. The lowest BCUT2D eigenvalue weighted by Gasteiger charge is -2.30. The van der Waals surface area contributed by atoms with Gasteiger partial charge in [-0.2, -0.15) is 4.98 Å². The molecule has 204 valence electrons. The third-order valence-corrected chi connectivity index (χ3v) is 8.23. The number of nitrogens with one attached hydrogen (secondary N) is 2. The number of aromatic nitrogens is 2. The van der Waals surface area contributed by atoms with Crippen LogP contribution in [0.5, 0.6) is 5.75 Å². The third-order valence-electron chi connectivity index (χ3n) is 8.23. The maximum atomic E-state index is 12.8. The smallest absolute Gasteiger partial charge is 0.251 e. The second-order valence-corrected chi connectivity index (χ2v) is 10.6. The summed E-state index contributed by atoms with van der Waals surface area (Å²) in [7, 11) is 5.51. The molecule has 10 heteroatoms. The highest BCUT2D eigenvalue weighted by Crippen LogP contribution is 2.37. The van der Waals surface area contributed by atoms with Gasteiger partial charge in [-0.05, 0) is 63.9 Å². The summed E-state index contributed by atoms with van der Waals surface area (Å²) in [5.41, 5.74) is 1.94. The Morgan fingerprint density at radius 1 is 1.13 bits per heavy atom. The molecule has 2 N–H and O–H groups in total. The summed E-state index contributed by atoms with van der Waals surface area (Å²) in [6.45, 7) is 2.43. The maximum Gasteiger partial charge on any atom is 0.251 e. The van der Waals surface area contributed by atoms with E-state index >= 15 is 0 Å². The number of methoxy groups -OCH3 is 1. The lowest BCUT2D eigenvalue weighted by atomic mass is 10.1. The topological polar surface area (TPSA) is 103 Å². The molecule has 38 heavy (non-hydrogen) atoms. The molecule has 1 unspecified atom stereocenters. The monoisotopic (exact) mass is 521 g/mol. The average Bonchev–Trinajstić information content (AvgIpc) is 3.58. The number of hydrogen-bond acceptors (Lipinski definition) is 8. The van der Waals surface area contributed by atoms with Gasteiger partial charge in [0.15, 0.2) is 5.82 Å². The molecule has 1 aromatic heterocycles. The number of rotatable bonds is 8. The molecule has 2 aliphatic heterocycles. The molecule has 10 nitrogen and oxygen atoms in total. The second kappa shape index (κ2) is 11.6. The highest BCUT2D eigenvalue weighted by Gasteiger charge is 2.31. The van der Waals surface area contributed by atoms with Crippen LogP contribution in [0.15, 0.2) is 24.4 Å². The van der Waals surface area contributed by atoms with Crippen LogP contribution >= 0.6 is 0 Å². The van der Waals surface area contributed by atoms with Gasteiger partial charge in [0, 0.05) is 44.2 Å². The molecular weight excluding hydrogens is 482 g/mol. The summed E-state index contributed by atoms with van der Waals surface area (Å²) < 4.78 is 5.61. The van der Waals surface area contributed by atoms with Crippen molar-refractivity contribution in [2.24, 2.45) is 0 Å². The molecule has 0 spiro atoms. The predicted molar refractivity (Wildman–Crippen MR) is 149 cm³/mol. The number of benzene rings is 1. The fraction of sp³-hybridized carbons (Fsp3) is 0.571. The van der Waals surface area contributed by atoms with E-state index in [-0.39, 0.29) is 11.8 Å². The molecule has 3 aliphatic rings. The first-order valence-corrected chi connectivity index (χ1v) is 13.8. The molecule has 1 saturated carbocycles. The highest BCUT2D eigenvalue weighted by atomic mass is 16.5. The van der Waals surface area contributed by atoms with Crippen molar-refractivity contribution in [3.05, 3.63) is 30.0 Å². The summed E-state index contributed by atoms with van der Waals surface area (Å²) in [5.74, 6) is 1.70. The molecule has 0 radical (unpaired) electrons. The minimum Gasteiger partial charge on any atom is -0.495 e. The molecule has 1 atom stereocenters. The van der Waals surface area contributed by atoms with Gasteiger partial charge in [0.2, 0.25) is 11.9 Å². The second-order valence-electron chi connectivity index (χ2n) is 10.6. The average molecular weight is 522 g/mol. The number of fused-ring (bicyclic) bond motifs is 1. The molecule has 2 amide bonds. The van der Waals surface area contributed by atoms with Crippen LogP contribution in [-0.4, -0.2) is 79.6 Å². The Morgan fingerprint density at radius 3 is 2.68 bits per heavy atom. The quantitative estimate of drug-likeness (QED) is 0.544. The van der Waals surface area contributed by atoms with Crippen LogP contribution in [0, 0.1) is 0 Å². The van der Waals surface area contributed by atoms with E-state index in [9.17, 15) is 9.59 Å². The standard InChI is InChI=1S/C28H39N7O3/c1-33-15-6-9-20(33)12-14-29-27(37)19-10-11-22(24(17-19)38-3)31-28-30-18-23-26(32-28)35(21-7-4-5-8-21)16-13-25(36)34(23)2/h10-11,17-18,20-21H,4-9,12-16H2,1-3H3,(H,29,37)(H,30,31,32). The van der Waals surface area contributed by atoms with Crippen molar-refractivity contribution in [2.45, 2.75) is 63.5 Å². The molecular formula is C28H39N7O3. The number of hydrogen-bond donors (Lipinski definition) is 2. The van der Waals surface area contributed by atoms with Gasteiger partial charge >= 0.3 is 0 Å². The van der Waals surface area contributed by atoms with Crippen molar-refractivity contribution in [1.29, 1.82) is 0 Å². The lowest BCUT2D eigenvalue weighted by Crippen LogP contribution is -2.34. The fourth-order valence-electron chi connectivity index (χ4n) is 5.92. The van der Waals surface area contributed by atoms with Crippen LogP contribution in [0.25, 0.3) is 0 Å². The number of anilines is 4. The summed E-state index contributed by atoms with van der Waals surface area (Å²) >= 11 is 0. The Morgan fingerprint density at radius 2 is 1.95 bits per heavy atom. The van der Waals surface area contributed by atoms with Gasteiger partial charge in [0.05, 0.1) is 19.0 Å². The Labute approximate surface area is 224 Å². The van der Waals surface area contributed by atoms with E-state index in [0.29, 0.717) is 54.5 Å². The number of nitrogens with zero attached hydrogens (tertiary/aromatic N) is 5. The first kappa shape index (κ1) is 26.2. The minimum absolute atomic E-state index is 0.0712. The van der Waals surface area contributed by atoms with E-state index in [1.807, 2.05) is 6.07 Å². The molecule has 2 aromatic rings.